The van der Waals surface area contributed by atoms with Crippen LogP contribution in [0.2, 0.25) is 10.0 Å². The molecule has 3 rings (SSSR count). The van der Waals surface area contributed by atoms with Crippen LogP contribution in [0.1, 0.15) is 11.3 Å². The molecule has 0 aliphatic carbocycles. The lowest BCUT2D eigenvalue weighted by molar-refractivity contribution is -0.144. The Kier molecular flexibility index (Phi) is 4.69. The van der Waals surface area contributed by atoms with E-state index in [9.17, 15) is 4.79 Å². The summed E-state index contributed by atoms with van der Waals surface area (Å²) in [7, 11) is 0. The van der Waals surface area contributed by atoms with E-state index in [0.29, 0.717) is 27.3 Å². The number of benzene rings is 1. The van der Waals surface area contributed by atoms with Crippen molar-refractivity contribution in [1.82, 2.24) is 5.16 Å². The van der Waals surface area contributed by atoms with Gasteiger partial charge in [0, 0.05) is 6.07 Å². The molecule has 23 heavy (non-hydrogen) atoms. The van der Waals surface area contributed by atoms with Gasteiger partial charge in [-0.3, -0.25) is 4.79 Å². The summed E-state index contributed by atoms with van der Waals surface area (Å²) in [5, 5.41) is 4.67. The largest absolute Gasteiger partial charge is 0.461 e. The van der Waals surface area contributed by atoms with Crippen molar-refractivity contribution in [2.45, 2.75) is 13.0 Å². The van der Waals surface area contributed by atoms with E-state index in [-0.39, 0.29) is 13.0 Å². The third-order valence-electron chi connectivity index (χ3n) is 3.04. The van der Waals surface area contributed by atoms with Gasteiger partial charge in [0.15, 0.2) is 5.76 Å². The minimum Gasteiger partial charge on any atom is -0.461 e. The summed E-state index contributed by atoms with van der Waals surface area (Å²) >= 11 is 11.7. The zero-order valence-electron chi connectivity index (χ0n) is 11.8. The number of carbonyl (C=O) groups excluding carboxylic acids is 1. The summed E-state index contributed by atoms with van der Waals surface area (Å²) in [6.45, 7) is 0.0182. The summed E-state index contributed by atoms with van der Waals surface area (Å²) in [6.07, 6.45) is 1.63. The fourth-order valence-corrected chi connectivity index (χ4v) is 2.26. The molecule has 5 nitrogen and oxygen atoms in total. The van der Waals surface area contributed by atoms with E-state index in [4.69, 9.17) is 36.9 Å². The molecule has 0 bridgehead atoms. The second-order valence-electron chi connectivity index (χ2n) is 4.75. The summed E-state index contributed by atoms with van der Waals surface area (Å²) in [5.41, 5.74) is 1.22. The summed E-state index contributed by atoms with van der Waals surface area (Å²) in [4.78, 5) is 11.8. The lowest BCUT2D eigenvalue weighted by Gasteiger charge is -2.04. The molecule has 0 saturated carbocycles. The van der Waals surface area contributed by atoms with Crippen molar-refractivity contribution in [3.63, 3.8) is 0 Å². The van der Waals surface area contributed by atoms with E-state index in [0.717, 1.165) is 5.56 Å². The Hall–Kier alpha value is -2.24. The number of hydrogen-bond donors (Lipinski definition) is 0. The van der Waals surface area contributed by atoms with Crippen LogP contribution < -0.4 is 0 Å². The zero-order valence-corrected chi connectivity index (χ0v) is 13.3. The minimum atomic E-state index is -0.397. The first kappa shape index (κ1) is 15.6. The standard InChI is InChI=1S/C16H11Cl2NO4/c17-12-4-3-10(6-13(12)18)7-16(20)22-9-11-8-15(23-19-11)14-2-1-5-21-14/h1-6,8H,7,9H2. The number of furan rings is 1. The van der Waals surface area contributed by atoms with E-state index < -0.39 is 5.97 Å². The molecule has 2 heterocycles. The van der Waals surface area contributed by atoms with Crippen LogP contribution in [0.25, 0.3) is 11.5 Å². The molecule has 2 aromatic heterocycles. The Morgan fingerprint density at radius 2 is 2.00 bits per heavy atom. The van der Waals surface area contributed by atoms with Crippen LogP contribution in [0, 0.1) is 0 Å². The number of rotatable bonds is 5. The van der Waals surface area contributed by atoms with Crippen LogP contribution in [0.3, 0.4) is 0 Å². The number of halogens is 2. The Bertz CT molecular complexity index is 811. The predicted molar refractivity (Wildman–Crippen MR) is 84.2 cm³/mol. The molecule has 0 aliphatic rings. The van der Waals surface area contributed by atoms with Gasteiger partial charge < -0.3 is 13.7 Å². The number of hydrogen-bond acceptors (Lipinski definition) is 5. The SMILES string of the molecule is O=C(Cc1ccc(Cl)c(Cl)c1)OCc1cc(-c2ccco2)on1. The Balaban J connectivity index is 1.55. The molecule has 0 N–H and O–H groups in total. The smallest absolute Gasteiger partial charge is 0.310 e. The fraction of sp³-hybridized carbons (Fsp3) is 0.125. The van der Waals surface area contributed by atoms with Crippen LogP contribution >= 0.6 is 23.2 Å². The van der Waals surface area contributed by atoms with Gasteiger partial charge in [0.2, 0.25) is 5.76 Å². The summed E-state index contributed by atoms with van der Waals surface area (Å²) in [5.74, 6) is 0.641. The zero-order chi connectivity index (χ0) is 16.2. The van der Waals surface area contributed by atoms with Crippen LogP contribution in [0.15, 0.2) is 51.6 Å². The van der Waals surface area contributed by atoms with Crippen LogP contribution in [0.5, 0.6) is 0 Å². The molecule has 0 aliphatic heterocycles. The molecule has 118 valence electrons. The highest BCUT2D eigenvalue weighted by Crippen LogP contribution is 2.23. The number of aromatic nitrogens is 1. The van der Waals surface area contributed by atoms with Gasteiger partial charge in [-0.15, -0.1) is 0 Å². The Labute approximate surface area is 141 Å². The molecule has 0 fully saturated rings. The molecule has 3 aromatic rings. The van der Waals surface area contributed by atoms with E-state index in [2.05, 4.69) is 5.16 Å². The lowest BCUT2D eigenvalue weighted by Crippen LogP contribution is -2.08. The third-order valence-corrected chi connectivity index (χ3v) is 3.78. The van der Waals surface area contributed by atoms with Crippen molar-refractivity contribution in [3.8, 4) is 11.5 Å². The minimum absolute atomic E-state index is 0.0182. The predicted octanol–water partition coefficient (Wildman–Crippen LogP) is 4.53. The second kappa shape index (κ2) is 6.89. The molecule has 0 spiro atoms. The molecular weight excluding hydrogens is 341 g/mol. The van der Waals surface area contributed by atoms with Crippen LogP contribution in [-0.4, -0.2) is 11.1 Å². The number of ether oxygens (including phenoxy) is 1. The maximum absolute atomic E-state index is 11.8. The van der Waals surface area contributed by atoms with Crippen molar-refractivity contribution in [2.24, 2.45) is 0 Å². The highest BCUT2D eigenvalue weighted by molar-refractivity contribution is 6.42. The van der Waals surface area contributed by atoms with Crippen LogP contribution in [-0.2, 0) is 22.6 Å². The van der Waals surface area contributed by atoms with Crippen molar-refractivity contribution >= 4 is 29.2 Å². The average Bonchev–Trinajstić information content (AvgIpc) is 3.19. The maximum atomic E-state index is 11.8. The first-order valence-corrected chi connectivity index (χ1v) is 7.46. The molecule has 7 heteroatoms. The van der Waals surface area contributed by atoms with Gasteiger partial charge in [0.25, 0.3) is 0 Å². The number of esters is 1. The number of carbonyl (C=O) groups is 1. The van der Waals surface area contributed by atoms with Crippen LogP contribution in [0.4, 0.5) is 0 Å². The third kappa shape index (κ3) is 3.94. The van der Waals surface area contributed by atoms with E-state index in [1.807, 2.05) is 0 Å². The average molecular weight is 352 g/mol. The second-order valence-corrected chi connectivity index (χ2v) is 5.56. The van der Waals surface area contributed by atoms with Crippen molar-refractivity contribution < 1.29 is 18.5 Å². The highest BCUT2D eigenvalue weighted by atomic mass is 35.5. The highest BCUT2D eigenvalue weighted by Gasteiger charge is 2.12. The van der Waals surface area contributed by atoms with Gasteiger partial charge in [0.05, 0.1) is 22.7 Å². The number of nitrogens with zero attached hydrogens (tertiary/aromatic N) is 1. The summed E-state index contributed by atoms with van der Waals surface area (Å²) in [6, 6.07) is 10.2. The summed E-state index contributed by atoms with van der Waals surface area (Å²) < 4.78 is 15.5. The molecule has 0 atom stereocenters. The molecule has 1 aromatic carbocycles. The molecule has 0 saturated heterocycles. The van der Waals surface area contributed by atoms with E-state index in [1.165, 1.54) is 6.26 Å². The molecule has 0 unspecified atom stereocenters. The van der Waals surface area contributed by atoms with Crippen molar-refractivity contribution in [3.05, 3.63) is 64.0 Å². The Morgan fingerprint density at radius 3 is 2.74 bits per heavy atom. The first-order chi connectivity index (χ1) is 11.1. The van der Waals surface area contributed by atoms with Gasteiger partial charge in [-0.1, -0.05) is 34.4 Å². The Morgan fingerprint density at radius 1 is 1.13 bits per heavy atom. The first-order valence-electron chi connectivity index (χ1n) is 6.71. The topological polar surface area (TPSA) is 65.5 Å². The monoisotopic (exact) mass is 351 g/mol. The van der Waals surface area contributed by atoms with E-state index >= 15 is 0 Å². The normalized spacial score (nSPS) is 10.7. The molecular formula is C16H11Cl2NO4. The van der Waals surface area contributed by atoms with Gasteiger partial charge in [-0.25, -0.2) is 0 Å². The molecule has 0 amide bonds. The van der Waals surface area contributed by atoms with Gasteiger partial charge >= 0.3 is 5.97 Å². The van der Waals surface area contributed by atoms with Crippen molar-refractivity contribution in [1.29, 1.82) is 0 Å². The van der Waals surface area contributed by atoms with Gasteiger partial charge in [0.1, 0.15) is 12.3 Å². The van der Waals surface area contributed by atoms with Crippen molar-refractivity contribution in [2.75, 3.05) is 0 Å². The van der Waals surface area contributed by atoms with Gasteiger partial charge in [-0.05, 0) is 29.8 Å². The molecule has 0 radical (unpaired) electrons. The van der Waals surface area contributed by atoms with Gasteiger partial charge in [-0.2, -0.15) is 0 Å². The van der Waals surface area contributed by atoms with E-state index in [1.54, 1.807) is 36.4 Å². The lowest BCUT2D eigenvalue weighted by atomic mass is 10.1. The maximum Gasteiger partial charge on any atom is 0.310 e. The fourth-order valence-electron chi connectivity index (χ4n) is 1.94. The quantitative estimate of drug-likeness (QED) is 0.632.